The Labute approximate surface area is 169 Å². The highest BCUT2D eigenvalue weighted by Gasteiger charge is 2.27. The second-order valence-electron chi connectivity index (χ2n) is 7.73. The van der Waals surface area contributed by atoms with E-state index in [0.29, 0.717) is 11.5 Å². The standard InChI is InChI=1S/C25H32N2O/c1-4-18(2)22-17-21(15-16-23(22)26-3)25(28)27-24(19-11-7-5-8-12-19)20-13-9-6-10-14-20/h5,7-8,11-12,15-17,20,24,26H,2,4,6,9-10,13-14H2,1,3H3,(H,27,28). The van der Waals surface area contributed by atoms with E-state index >= 15 is 0 Å². The minimum absolute atomic E-state index is 0.00719. The maximum absolute atomic E-state index is 13.2. The van der Waals surface area contributed by atoms with E-state index in [4.69, 9.17) is 0 Å². The van der Waals surface area contributed by atoms with Crippen LogP contribution >= 0.6 is 0 Å². The van der Waals surface area contributed by atoms with Gasteiger partial charge in [-0.15, -0.1) is 0 Å². The van der Waals surface area contributed by atoms with Gasteiger partial charge in [0.25, 0.3) is 5.91 Å². The van der Waals surface area contributed by atoms with Gasteiger partial charge in [0, 0.05) is 23.9 Å². The summed E-state index contributed by atoms with van der Waals surface area (Å²) in [5, 5.41) is 6.55. The maximum atomic E-state index is 13.2. The average molecular weight is 377 g/mol. The zero-order valence-corrected chi connectivity index (χ0v) is 17.1. The van der Waals surface area contributed by atoms with E-state index < -0.39 is 0 Å². The van der Waals surface area contributed by atoms with Crippen molar-refractivity contribution in [2.75, 3.05) is 12.4 Å². The van der Waals surface area contributed by atoms with Crippen molar-refractivity contribution >= 4 is 17.2 Å². The van der Waals surface area contributed by atoms with Crippen LogP contribution in [0.1, 0.15) is 73.0 Å². The molecule has 1 amide bonds. The number of carbonyl (C=O) groups excluding carboxylic acids is 1. The number of amides is 1. The van der Waals surface area contributed by atoms with Gasteiger partial charge in [0.2, 0.25) is 0 Å². The van der Waals surface area contributed by atoms with E-state index in [1.54, 1.807) is 0 Å². The Morgan fingerprint density at radius 3 is 2.46 bits per heavy atom. The lowest BCUT2D eigenvalue weighted by Gasteiger charge is -2.31. The minimum Gasteiger partial charge on any atom is -0.388 e. The van der Waals surface area contributed by atoms with Crippen LogP contribution in [0.25, 0.3) is 5.57 Å². The van der Waals surface area contributed by atoms with Gasteiger partial charge in [0.15, 0.2) is 0 Å². The van der Waals surface area contributed by atoms with Crippen molar-refractivity contribution in [1.82, 2.24) is 5.32 Å². The van der Waals surface area contributed by atoms with Crippen molar-refractivity contribution in [1.29, 1.82) is 0 Å². The van der Waals surface area contributed by atoms with Gasteiger partial charge in [-0.05, 0) is 54.5 Å². The monoisotopic (exact) mass is 376 g/mol. The molecule has 2 aromatic carbocycles. The SMILES string of the molecule is C=C(CC)c1cc(C(=O)NC(c2ccccc2)C2CCCCC2)ccc1NC. The maximum Gasteiger partial charge on any atom is 0.251 e. The van der Waals surface area contributed by atoms with E-state index in [1.807, 2.05) is 31.3 Å². The van der Waals surface area contributed by atoms with Crippen molar-refractivity contribution in [3.8, 4) is 0 Å². The average Bonchev–Trinajstić information content (AvgIpc) is 2.77. The molecule has 1 unspecified atom stereocenters. The molecule has 0 radical (unpaired) electrons. The Morgan fingerprint density at radius 2 is 1.82 bits per heavy atom. The molecule has 1 saturated carbocycles. The summed E-state index contributed by atoms with van der Waals surface area (Å²) >= 11 is 0. The highest BCUT2D eigenvalue weighted by Crippen LogP contribution is 2.35. The second-order valence-corrected chi connectivity index (χ2v) is 7.73. The Hall–Kier alpha value is -2.55. The first-order chi connectivity index (χ1) is 13.6. The third kappa shape index (κ3) is 4.64. The molecule has 1 fully saturated rings. The lowest BCUT2D eigenvalue weighted by Crippen LogP contribution is -2.34. The van der Waals surface area contributed by atoms with Crippen LogP contribution in [0, 0.1) is 5.92 Å². The molecule has 1 aliphatic carbocycles. The molecule has 0 aromatic heterocycles. The summed E-state index contributed by atoms with van der Waals surface area (Å²) < 4.78 is 0. The van der Waals surface area contributed by atoms with Crippen LogP contribution in [0.3, 0.4) is 0 Å². The van der Waals surface area contributed by atoms with Crippen LogP contribution in [-0.2, 0) is 0 Å². The highest BCUT2D eigenvalue weighted by molar-refractivity contribution is 5.96. The third-order valence-electron chi connectivity index (χ3n) is 5.93. The number of hydrogen-bond acceptors (Lipinski definition) is 2. The molecule has 3 rings (SSSR count). The van der Waals surface area contributed by atoms with Gasteiger partial charge in [-0.1, -0.05) is 63.1 Å². The molecule has 2 N–H and O–H groups in total. The number of allylic oxidation sites excluding steroid dienone is 1. The molecule has 28 heavy (non-hydrogen) atoms. The van der Waals surface area contributed by atoms with Crippen LogP contribution in [0.2, 0.25) is 0 Å². The second kappa shape index (κ2) is 9.59. The number of nitrogens with one attached hydrogen (secondary N) is 2. The van der Waals surface area contributed by atoms with E-state index in [1.165, 1.54) is 37.7 Å². The molecule has 0 heterocycles. The van der Waals surface area contributed by atoms with E-state index in [0.717, 1.165) is 23.2 Å². The van der Waals surface area contributed by atoms with Crippen molar-refractivity contribution in [2.45, 2.75) is 51.5 Å². The first-order valence-electron chi connectivity index (χ1n) is 10.5. The minimum atomic E-state index is -0.00719. The molecule has 2 aromatic rings. The summed E-state index contributed by atoms with van der Waals surface area (Å²) in [6.45, 7) is 6.25. The van der Waals surface area contributed by atoms with Crippen molar-refractivity contribution < 1.29 is 4.79 Å². The zero-order valence-electron chi connectivity index (χ0n) is 17.1. The fourth-order valence-corrected chi connectivity index (χ4v) is 4.21. The molecule has 1 atom stereocenters. The van der Waals surface area contributed by atoms with Gasteiger partial charge in [-0.25, -0.2) is 0 Å². The quantitative estimate of drug-likeness (QED) is 0.604. The molecule has 0 spiro atoms. The summed E-state index contributed by atoms with van der Waals surface area (Å²) in [5.41, 5.74) is 4.96. The zero-order chi connectivity index (χ0) is 19.9. The third-order valence-corrected chi connectivity index (χ3v) is 5.93. The molecule has 148 valence electrons. The molecule has 3 nitrogen and oxygen atoms in total. The summed E-state index contributed by atoms with van der Waals surface area (Å²) in [6.07, 6.45) is 7.02. The van der Waals surface area contributed by atoms with Crippen molar-refractivity contribution in [2.24, 2.45) is 5.92 Å². The van der Waals surface area contributed by atoms with Crippen LogP contribution in [0.15, 0.2) is 55.1 Å². The Balaban J connectivity index is 1.86. The smallest absolute Gasteiger partial charge is 0.251 e. The van der Waals surface area contributed by atoms with E-state index in [-0.39, 0.29) is 11.9 Å². The summed E-state index contributed by atoms with van der Waals surface area (Å²) in [5.74, 6) is 0.494. The highest BCUT2D eigenvalue weighted by atomic mass is 16.1. The summed E-state index contributed by atoms with van der Waals surface area (Å²) in [6, 6.07) is 16.3. The number of benzene rings is 2. The van der Waals surface area contributed by atoms with Crippen LogP contribution in [0.4, 0.5) is 5.69 Å². The number of carbonyl (C=O) groups is 1. The first kappa shape index (κ1) is 20.2. The van der Waals surface area contributed by atoms with E-state index in [2.05, 4.69) is 48.4 Å². The Morgan fingerprint density at radius 1 is 1.11 bits per heavy atom. The molecule has 3 heteroatoms. The molecule has 1 aliphatic rings. The summed E-state index contributed by atoms with van der Waals surface area (Å²) in [7, 11) is 1.90. The van der Waals surface area contributed by atoms with Gasteiger partial charge in [0.1, 0.15) is 0 Å². The first-order valence-corrected chi connectivity index (χ1v) is 10.5. The van der Waals surface area contributed by atoms with Gasteiger partial charge in [-0.3, -0.25) is 4.79 Å². The largest absolute Gasteiger partial charge is 0.388 e. The fourth-order valence-electron chi connectivity index (χ4n) is 4.21. The number of hydrogen-bond donors (Lipinski definition) is 2. The lowest BCUT2D eigenvalue weighted by molar-refractivity contribution is 0.0912. The van der Waals surface area contributed by atoms with Gasteiger partial charge in [-0.2, -0.15) is 0 Å². The van der Waals surface area contributed by atoms with Crippen molar-refractivity contribution in [3.05, 3.63) is 71.8 Å². The summed E-state index contributed by atoms with van der Waals surface area (Å²) in [4.78, 5) is 13.2. The fraction of sp³-hybridized carbons (Fsp3) is 0.400. The topological polar surface area (TPSA) is 41.1 Å². The van der Waals surface area contributed by atoms with Crippen LogP contribution < -0.4 is 10.6 Å². The van der Waals surface area contributed by atoms with Gasteiger partial charge >= 0.3 is 0 Å². The predicted molar refractivity (Wildman–Crippen MR) is 119 cm³/mol. The molecular formula is C25H32N2O. The Kier molecular flexibility index (Phi) is 6.91. The Bertz CT molecular complexity index is 807. The van der Waals surface area contributed by atoms with Crippen LogP contribution in [-0.4, -0.2) is 13.0 Å². The molecular weight excluding hydrogens is 344 g/mol. The lowest BCUT2D eigenvalue weighted by atomic mass is 9.81. The van der Waals surface area contributed by atoms with Crippen molar-refractivity contribution in [3.63, 3.8) is 0 Å². The number of anilines is 1. The normalized spacial score (nSPS) is 15.6. The van der Waals surface area contributed by atoms with Gasteiger partial charge < -0.3 is 10.6 Å². The predicted octanol–water partition coefficient (Wildman–Crippen LogP) is 6.20. The van der Waals surface area contributed by atoms with Crippen LogP contribution in [0.5, 0.6) is 0 Å². The van der Waals surface area contributed by atoms with Gasteiger partial charge in [0.05, 0.1) is 6.04 Å². The molecule has 0 aliphatic heterocycles. The number of rotatable bonds is 7. The van der Waals surface area contributed by atoms with E-state index in [9.17, 15) is 4.79 Å². The molecule has 0 saturated heterocycles. The molecule has 0 bridgehead atoms.